The highest BCUT2D eigenvalue weighted by molar-refractivity contribution is 5.93. The van der Waals surface area contributed by atoms with Gasteiger partial charge in [0.25, 0.3) is 5.91 Å². The van der Waals surface area contributed by atoms with Gasteiger partial charge in [-0.25, -0.2) is 0 Å². The number of nitrogens with one attached hydrogen (secondary N) is 2. The number of carbonyl (C=O) groups is 1. The Morgan fingerprint density at radius 2 is 1.70 bits per heavy atom. The van der Waals surface area contributed by atoms with E-state index in [9.17, 15) is 4.79 Å². The molecule has 0 aliphatic carbocycles. The van der Waals surface area contributed by atoms with Crippen molar-refractivity contribution in [1.29, 1.82) is 0 Å². The van der Waals surface area contributed by atoms with Gasteiger partial charge in [0.2, 0.25) is 0 Å². The van der Waals surface area contributed by atoms with Crippen molar-refractivity contribution < 1.29 is 9.53 Å². The van der Waals surface area contributed by atoms with Gasteiger partial charge in [0.15, 0.2) is 0 Å². The van der Waals surface area contributed by atoms with Crippen molar-refractivity contribution in [3.8, 4) is 11.5 Å². The molecule has 3 aromatic rings. The van der Waals surface area contributed by atoms with Crippen LogP contribution in [0.25, 0.3) is 0 Å². The van der Waals surface area contributed by atoms with Gasteiger partial charge in [-0.2, -0.15) is 0 Å². The number of hydrogen-bond acceptors (Lipinski definition) is 4. The second-order valence-corrected chi connectivity index (χ2v) is 6.28. The van der Waals surface area contributed by atoms with Crippen molar-refractivity contribution >= 4 is 17.3 Å². The first kappa shape index (κ1) is 18.5. The average molecular weight is 361 g/mol. The first-order valence-electron chi connectivity index (χ1n) is 9.01. The Labute approximate surface area is 159 Å². The molecule has 0 fully saturated rings. The van der Waals surface area contributed by atoms with E-state index in [2.05, 4.69) is 15.6 Å². The highest BCUT2D eigenvalue weighted by Gasteiger charge is 2.10. The molecule has 0 saturated carbocycles. The first-order chi connectivity index (χ1) is 13.1. The summed E-state index contributed by atoms with van der Waals surface area (Å²) in [5.74, 6) is 1.39. The molecule has 1 atom stereocenters. The number of amides is 1. The van der Waals surface area contributed by atoms with Crippen LogP contribution in [0.5, 0.6) is 11.5 Å². The van der Waals surface area contributed by atoms with Gasteiger partial charge in [0.1, 0.15) is 17.2 Å². The number of nitrogens with zero attached hydrogens (tertiary/aromatic N) is 1. The van der Waals surface area contributed by atoms with Crippen molar-refractivity contribution in [3.05, 3.63) is 78.6 Å². The standard InChI is InChI=1S/C22H23N3O2/c1-3-16(2)24-22(26)21-15-18(13-14-23-21)25-17-9-11-20(12-10-17)27-19-7-5-4-6-8-19/h4-16H,3H2,1-2H3,(H,23,25)(H,24,26). The van der Waals surface area contributed by atoms with Crippen molar-refractivity contribution in [1.82, 2.24) is 10.3 Å². The lowest BCUT2D eigenvalue weighted by Gasteiger charge is -2.12. The van der Waals surface area contributed by atoms with Crippen molar-refractivity contribution in [2.75, 3.05) is 5.32 Å². The van der Waals surface area contributed by atoms with Crippen LogP contribution in [-0.2, 0) is 0 Å². The van der Waals surface area contributed by atoms with E-state index in [0.29, 0.717) is 5.69 Å². The van der Waals surface area contributed by atoms with E-state index in [4.69, 9.17) is 4.74 Å². The molecule has 0 saturated heterocycles. The maximum Gasteiger partial charge on any atom is 0.270 e. The number of hydrogen-bond donors (Lipinski definition) is 2. The molecule has 2 aromatic carbocycles. The summed E-state index contributed by atoms with van der Waals surface area (Å²) in [5.41, 5.74) is 2.09. The van der Waals surface area contributed by atoms with Gasteiger partial charge in [0, 0.05) is 23.6 Å². The summed E-state index contributed by atoms with van der Waals surface area (Å²) in [6.07, 6.45) is 2.50. The van der Waals surface area contributed by atoms with E-state index in [0.717, 1.165) is 29.3 Å². The summed E-state index contributed by atoms with van der Waals surface area (Å²) in [7, 11) is 0. The average Bonchev–Trinajstić information content (AvgIpc) is 2.70. The minimum Gasteiger partial charge on any atom is -0.457 e. The zero-order valence-corrected chi connectivity index (χ0v) is 15.5. The summed E-state index contributed by atoms with van der Waals surface area (Å²) in [6.45, 7) is 4.00. The lowest BCUT2D eigenvalue weighted by atomic mass is 10.2. The maximum atomic E-state index is 12.2. The molecule has 138 valence electrons. The molecule has 5 heteroatoms. The van der Waals surface area contributed by atoms with Gasteiger partial charge >= 0.3 is 0 Å². The lowest BCUT2D eigenvalue weighted by Crippen LogP contribution is -2.32. The van der Waals surface area contributed by atoms with E-state index in [-0.39, 0.29) is 11.9 Å². The molecular weight excluding hydrogens is 338 g/mol. The van der Waals surface area contributed by atoms with Crippen LogP contribution in [0, 0.1) is 0 Å². The molecular formula is C22H23N3O2. The molecule has 1 aromatic heterocycles. The molecule has 0 aliphatic rings. The monoisotopic (exact) mass is 361 g/mol. The first-order valence-corrected chi connectivity index (χ1v) is 9.01. The summed E-state index contributed by atoms with van der Waals surface area (Å²) in [4.78, 5) is 16.4. The molecule has 1 heterocycles. The van der Waals surface area contributed by atoms with Crippen LogP contribution >= 0.6 is 0 Å². The molecule has 0 aliphatic heterocycles. The van der Waals surface area contributed by atoms with E-state index in [1.807, 2.05) is 74.5 Å². The highest BCUT2D eigenvalue weighted by atomic mass is 16.5. The fourth-order valence-corrected chi connectivity index (χ4v) is 2.43. The topological polar surface area (TPSA) is 63.2 Å². The van der Waals surface area contributed by atoms with Crippen molar-refractivity contribution in [3.63, 3.8) is 0 Å². The molecule has 0 spiro atoms. The predicted octanol–water partition coefficient (Wildman–Crippen LogP) is 5.15. The number of aromatic nitrogens is 1. The molecule has 27 heavy (non-hydrogen) atoms. The van der Waals surface area contributed by atoms with E-state index < -0.39 is 0 Å². The summed E-state index contributed by atoms with van der Waals surface area (Å²) >= 11 is 0. The maximum absolute atomic E-state index is 12.2. The number of pyridine rings is 1. The van der Waals surface area contributed by atoms with Gasteiger partial charge in [-0.05, 0) is 61.9 Å². The zero-order valence-electron chi connectivity index (χ0n) is 15.5. The van der Waals surface area contributed by atoms with Crippen LogP contribution in [0.15, 0.2) is 72.9 Å². The number of ether oxygens (including phenoxy) is 1. The van der Waals surface area contributed by atoms with Crippen LogP contribution < -0.4 is 15.4 Å². The summed E-state index contributed by atoms with van der Waals surface area (Å²) in [5, 5.41) is 6.20. The number of anilines is 2. The Morgan fingerprint density at radius 3 is 2.41 bits per heavy atom. The second kappa shape index (κ2) is 8.85. The second-order valence-electron chi connectivity index (χ2n) is 6.28. The van der Waals surface area contributed by atoms with Gasteiger partial charge in [0.05, 0.1) is 0 Å². The molecule has 0 bridgehead atoms. The molecule has 5 nitrogen and oxygen atoms in total. The van der Waals surface area contributed by atoms with Crippen molar-refractivity contribution in [2.45, 2.75) is 26.3 Å². The number of rotatable bonds is 7. The van der Waals surface area contributed by atoms with Crippen LogP contribution in [0.2, 0.25) is 0 Å². The fraction of sp³-hybridized carbons (Fsp3) is 0.182. The Balaban J connectivity index is 1.65. The summed E-state index contributed by atoms with van der Waals surface area (Å²) < 4.78 is 5.79. The third-order valence-corrected chi connectivity index (χ3v) is 4.10. The minimum absolute atomic E-state index is 0.119. The predicted molar refractivity (Wildman–Crippen MR) is 108 cm³/mol. The Hall–Kier alpha value is -3.34. The molecule has 0 radical (unpaired) electrons. The summed E-state index contributed by atoms with van der Waals surface area (Å²) in [6, 6.07) is 21.0. The Kier molecular flexibility index (Phi) is 6.05. The SMILES string of the molecule is CCC(C)NC(=O)c1cc(Nc2ccc(Oc3ccccc3)cc2)ccn1. The fourth-order valence-electron chi connectivity index (χ4n) is 2.43. The largest absolute Gasteiger partial charge is 0.457 e. The third-order valence-electron chi connectivity index (χ3n) is 4.10. The number of carbonyl (C=O) groups excluding carboxylic acids is 1. The quantitative estimate of drug-likeness (QED) is 0.611. The smallest absolute Gasteiger partial charge is 0.270 e. The third kappa shape index (κ3) is 5.31. The number of benzene rings is 2. The minimum atomic E-state index is -0.167. The highest BCUT2D eigenvalue weighted by Crippen LogP contribution is 2.24. The zero-order chi connectivity index (χ0) is 19.1. The molecule has 2 N–H and O–H groups in total. The van der Waals surface area contributed by atoms with E-state index in [1.165, 1.54) is 0 Å². The molecule has 3 rings (SSSR count). The Morgan fingerprint density at radius 1 is 1.00 bits per heavy atom. The lowest BCUT2D eigenvalue weighted by molar-refractivity contribution is 0.0934. The van der Waals surface area contributed by atoms with E-state index >= 15 is 0 Å². The Bertz CT molecular complexity index is 880. The molecule has 1 unspecified atom stereocenters. The number of para-hydroxylation sites is 1. The molecule has 1 amide bonds. The van der Waals surface area contributed by atoms with Gasteiger partial charge in [-0.15, -0.1) is 0 Å². The van der Waals surface area contributed by atoms with Gasteiger partial charge in [-0.3, -0.25) is 9.78 Å². The van der Waals surface area contributed by atoms with Crippen molar-refractivity contribution in [2.24, 2.45) is 0 Å². The van der Waals surface area contributed by atoms with Crippen LogP contribution in [0.3, 0.4) is 0 Å². The van der Waals surface area contributed by atoms with Crippen LogP contribution in [0.4, 0.5) is 11.4 Å². The van der Waals surface area contributed by atoms with Gasteiger partial charge in [-0.1, -0.05) is 25.1 Å². The van der Waals surface area contributed by atoms with Crippen LogP contribution in [0.1, 0.15) is 30.8 Å². The van der Waals surface area contributed by atoms with Crippen LogP contribution in [-0.4, -0.2) is 16.9 Å². The normalized spacial score (nSPS) is 11.5. The van der Waals surface area contributed by atoms with E-state index in [1.54, 1.807) is 12.3 Å². The van der Waals surface area contributed by atoms with Gasteiger partial charge < -0.3 is 15.4 Å².